The standard InChI is InChI=1S/C12H18F2N2O3/c13-12(14)4-7-15(8-5-12)11(19)16-6-2-1-3-9(16)10(17)18/h9H,1-8H2,(H,17,18)/t9-/m0/s1. The normalized spacial score (nSPS) is 27.2. The van der Waals surface area contributed by atoms with Crippen molar-refractivity contribution in [2.75, 3.05) is 19.6 Å². The molecule has 1 N–H and O–H groups in total. The van der Waals surface area contributed by atoms with Crippen molar-refractivity contribution in [2.45, 2.75) is 44.1 Å². The molecule has 2 amide bonds. The quantitative estimate of drug-likeness (QED) is 0.794. The number of carboxylic acid groups (broad SMARTS) is 1. The second kappa shape index (κ2) is 5.30. The van der Waals surface area contributed by atoms with Crippen LogP contribution in [0.15, 0.2) is 0 Å². The molecule has 0 spiro atoms. The third-order valence-electron chi connectivity index (χ3n) is 3.80. The van der Waals surface area contributed by atoms with Gasteiger partial charge in [0.25, 0.3) is 5.92 Å². The van der Waals surface area contributed by atoms with E-state index < -0.39 is 24.0 Å². The number of halogens is 2. The zero-order chi connectivity index (χ0) is 14.0. The molecule has 0 aromatic rings. The van der Waals surface area contributed by atoms with Crippen LogP contribution in [0, 0.1) is 0 Å². The van der Waals surface area contributed by atoms with Gasteiger partial charge in [0.05, 0.1) is 0 Å². The van der Waals surface area contributed by atoms with Crippen LogP contribution in [0.1, 0.15) is 32.1 Å². The van der Waals surface area contributed by atoms with Gasteiger partial charge >= 0.3 is 12.0 Å². The molecule has 1 atom stereocenters. The van der Waals surface area contributed by atoms with E-state index >= 15 is 0 Å². The lowest BCUT2D eigenvalue weighted by atomic mass is 10.0. The highest BCUT2D eigenvalue weighted by atomic mass is 19.3. The van der Waals surface area contributed by atoms with Gasteiger partial charge in [0, 0.05) is 32.5 Å². The molecule has 108 valence electrons. The molecule has 0 aromatic heterocycles. The number of amides is 2. The lowest BCUT2D eigenvalue weighted by Gasteiger charge is -2.39. The van der Waals surface area contributed by atoms with Gasteiger partial charge in [0.15, 0.2) is 0 Å². The zero-order valence-corrected chi connectivity index (χ0v) is 10.6. The van der Waals surface area contributed by atoms with E-state index in [1.807, 2.05) is 0 Å². The molecule has 2 aliphatic rings. The van der Waals surface area contributed by atoms with Crippen LogP contribution in [0.4, 0.5) is 13.6 Å². The molecule has 0 saturated carbocycles. The van der Waals surface area contributed by atoms with Crippen molar-refractivity contribution in [2.24, 2.45) is 0 Å². The van der Waals surface area contributed by atoms with Crippen molar-refractivity contribution in [3.63, 3.8) is 0 Å². The van der Waals surface area contributed by atoms with Crippen molar-refractivity contribution in [3.05, 3.63) is 0 Å². The largest absolute Gasteiger partial charge is 0.480 e. The van der Waals surface area contributed by atoms with E-state index in [4.69, 9.17) is 5.11 Å². The van der Waals surface area contributed by atoms with Gasteiger partial charge in [-0.1, -0.05) is 0 Å². The Morgan fingerprint density at radius 2 is 1.74 bits per heavy atom. The fourth-order valence-electron chi connectivity index (χ4n) is 2.62. The molecule has 2 aliphatic heterocycles. The molecular weight excluding hydrogens is 258 g/mol. The molecule has 0 aliphatic carbocycles. The maximum Gasteiger partial charge on any atom is 0.326 e. The first-order chi connectivity index (χ1) is 8.91. The lowest BCUT2D eigenvalue weighted by molar-refractivity contribution is -0.143. The van der Waals surface area contributed by atoms with Crippen molar-refractivity contribution in [1.29, 1.82) is 0 Å². The van der Waals surface area contributed by atoms with Gasteiger partial charge in [-0.3, -0.25) is 0 Å². The number of carbonyl (C=O) groups excluding carboxylic acids is 1. The molecule has 0 aromatic carbocycles. The minimum Gasteiger partial charge on any atom is -0.480 e. The molecule has 2 saturated heterocycles. The minimum absolute atomic E-state index is 0.00529. The summed E-state index contributed by atoms with van der Waals surface area (Å²) in [5, 5.41) is 9.11. The van der Waals surface area contributed by atoms with Crippen LogP contribution >= 0.6 is 0 Å². The zero-order valence-electron chi connectivity index (χ0n) is 10.6. The Labute approximate surface area is 110 Å². The van der Waals surface area contributed by atoms with Gasteiger partial charge < -0.3 is 14.9 Å². The fourth-order valence-corrected chi connectivity index (χ4v) is 2.62. The molecule has 0 bridgehead atoms. The third kappa shape index (κ3) is 3.13. The first kappa shape index (κ1) is 14.0. The number of carboxylic acids is 1. The Balaban J connectivity index is 2.00. The van der Waals surface area contributed by atoms with Crippen LogP contribution < -0.4 is 0 Å². The Hall–Kier alpha value is -1.40. The number of rotatable bonds is 1. The highest BCUT2D eigenvalue weighted by Crippen LogP contribution is 2.29. The summed E-state index contributed by atoms with van der Waals surface area (Å²) in [6.45, 7) is 0.381. The number of hydrogen-bond acceptors (Lipinski definition) is 2. The minimum atomic E-state index is -2.70. The summed E-state index contributed by atoms with van der Waals surface area (Å²) in [5.41, 5.74) is 0. The first-order valence-electron chi connectivity index (χ1n) is 6.57. The van der Waals surface area contributed by atoms with Gasteiger partial charge in [0.1, 0.15) is 6.04 Å². The van der Waals surface area contributed by atoms with Gasteiger partial charge in [-0.2, -0.15) is 0 Å². The van der Waals surface area contributed by atoms with Crippen LogP contribution in [0.3, 0.4) is 0 Å². The SMILES string of the molecule is O=C(O)[C@@H]1CCCCN1C(=O)N1CCC(F)(F)CC1. The number of carbonyl (C=O) groups is 2. The maximum atomic E-state index is 13.0. The van der Waals surface area contributed by atoms with E-state index in [2.05, 4.69) is 0 Å². The second-order valence-corrected chi connectivity index (χ2v) is 5.17. The van der Waals surface area contributed by atoms with Gasteiger partial charge in [-0.05, 0) is 19.3 Å². The summed E-state index contributed by atoms with van der Waals surface area (Å²) in [4.78, 5) is 26.0. The van der Waals surface area contributed by atoms with Crippen LogP contribution in [0.5, 0.6) is 0 Å². The highest BCUT2D eigenvalue weighted by molar-refractivity contribution is 5.83. The molecular formula is C12H18F2N2O3. The van der Waals surface area contributed by atoms with E-state index in [1.54, 1.807) is 0 Å². The number of likely N-dealkylation sites (tertiary alicyclic amines) is 2. The molecule has 0 unspecified atom stereocenters. The monoisotopic (exact) mass is 276 g/mol. The summed E-state index contributed by atoms with van der Waals surface area (Å²) >= 11 is 0. The van der Waals surface area contributed by atoms with Crippen molar-refractivity contribution in [1.82, 2.24) is 9.80 Å². The highest BCUT2D eigenvalue weighted by Gasteiger charge is 2.39. The molecule has 19 heavy (non-hydrogen) atoms. The van der Waals surface area contributed by atoms with E-state index in [9.17, 15) is 18.4 Å². The number of nitrogens with zero attached hydrogens (tertiary/aromatic N) is 2. The Morgan fingerprint density at radius 1 is 1.11 bits per heavy atom. The number of hydrogen-bond donors (Lipinski definition) is 1. The number of piperidine rings is 2. The van der Waals surface area contributed by atoms with Gasteiger partial charge in [-0.15, -0.1) is 0 Å². The van der Waals surface area contributed by atoms with E-state index in [0.717, 1.165) is 12.8 Å². The fraction of sp³-hybridized carbons (Fsp3) is 0.833. The smallest absolute Gasteiger partial charge is 0.326 e. The van der Waals surface area contributed by atoms with E-state index in [0.29, 0.717) is 13.0 Å². The number of aliphatic carboxylic acids is 1. The Kier molecular flexibility index (Phi) is 3.91. The Morgan fingerprint density at radius 3 is 2.32 bits per heavy atom. The predicted octanol–water partition coefficient (Wildman–Crippen LogP) is 1.78. The number of urea groups is 1. The summed E-state index contributed by atoms with van der Waals surface area (Å²) in [6.07, 6.45) is 1.29. The van der Waals surface area contributed by atoms with E-state index in [-0.39, 0.29) is 25.9 Å². The molecule has 0 radical (unpaired) electrons. The summed E-state index contributed by atoms with van der Waals surface area (Å²) in [5.74, 6) is -3.72. The average Bonchev–Trinajstić information content (AvgIpc) is 2.38. The third-order valence-corrected chi connectivity index (χ3v) is 3.80. The molecule has 2 fully saturated rings. The van der Waals surface area contributed by atoms with Crippen molar-refractivity contribution >= 4 is 12.0 Å². The first-order valence-corrected chi connectivity index (χ1v) is 6.57. The Bertz CT molecular complexity index is 366. The topological polar surface area (TPSA) is 60.9 Å². The molecule has 7 heteroatoms. The average molecular weight is 276 g/mol. The van der Waals surface area contributed by atoms with Crippen molar-refractivity contribution in [3.8, 4) is 0 Å². The molecule has 2 rings (SSSR count). The van der Waals surface area contributed by atoms with Crippen LogP contribution in [0.2, 0.25) is 0 Å². The van der Waals surface area contributed by atoms with Crippen molar-refractivity contribution < 1.29 is 23.5 Å². The van der Waals surface area contributed by atoms with Gasteiger partial charge in [0.2, 0.25) is 0 Å². The summed E-state index contributed by atoms with van der Waals surface area (Å²) < 4.78 is 26.1. The van der Waals surface area contributed by atoms with E-state index in [1.165, 1.54) is 9.80 Å². The lowest BCUT2D eigenvalue weighted by Crippen LogP contribution is -2.55. The predicted molar refractivity (Wildman–Crippen MR) is 63.1 cm³/mol. The van der Waals surface area contributed by atoms with Crippen LogP contribution in [-0.2, 0) is 4.79 Å². The van der Waals surface area contributed by atoms with Crippen LogP contribution in [0.25, 0.3) is 0 Å². The molecule has 2 heterocycles. The summed E-state index contributed by atoms with van der Waals surface area (Å²) in [6, 6.07) is -1.23. The second-order valence-electron chi connectivity index (χ2n) is 5.17. The molecule has 5 nitrogen and oxygen atoms in total. The maximum absolute atomic E-state index is 13.0. The summed E-state index contributed by atoms with van der Waals surface area (Å²) in [7, 11) is 0. The number of alkyl halides is 2. The van der Waals surface area contributed by atoms with Crippen LogP contribution in [-0.4, -0.2) is 58.5 Å². The van der Waals surface area contributed by atoms with Gasteiger partial charge in [-0.25, -0.2) is 18.4 Å².